The van der Waals surface area contributed by atoms with Gasteiger partial charge in [-0.15, -0.1) is 0 Å². The SMILES string of the molecule is CCOc1ccccc1OCC(=O)c1ccc(Cl)c(Cl)c1. The lowest BCUT2D eigenvalue weighted by Gasteiger charge is -2.11. The smallest absolute Gasteiger partial charge is 0.200 e. The normalized spacial score (nSPS) is 10.2. The molecule has 110 valence electrons. The summed E-state index contributed by atoms with van der Waals surface area (Å²) in [6.07, 6.45) is 0. The van der Waals surface area contributed by atoms with Gasteiger partial charge in [0, 0.05) is 5.56 Å². The Hall–Kier alpha value is -1.71. The average molecular weight is 325 g/mol. The molecule has 0 atom stereocenters. The van der Waals surface area contributed by atoms with Gasteiger partial charge in [-0.1, -0.05) is 35.3 Å². The Morgan fingerprint density at radius 3 is 2.29 bits per heavy atom. The number of halogens is 2. The van der Waals surface area contributed by atoms with E-state index in [0.717, 1.165) is 0 Å². The molecule has 0 unspecified atom stereocenters. The first-order valence-corrected chi connectivity index (χ1v) is 7.20. The maximum absolute atomic E-state index is 12.1. The van der Waals surface area contributed by atoms with E-state index in [1.54, 1.807) is 24.3 Å². The molecule has 0 aliphatic rings. The number of carbonyl (C=O) groups excluding carboxylic acids is 1. The zero-order chi connectivity index (χ0) is 15.2. The molecule has 0 heterocycles. The van der Waals surface area contributed by atoms with Gasteiger partial charge in [0.25, 0.3) is 0 Å². The van der Waals surface area contributed by atoms with Gasteiger partial charge in [-0.05, 0) is 37.3 Å². The lowest BCUT2D eigenvalue weighted by atomic mass is 10.1. The molecule has 0 aliphatic carbocycles. The molecule has 0 N–H and O–H groups in total. The van der Waals surface area contributed by atoms with E-state index in [9.17, 15) is 4.79 Å². The van der Waals surface area contributed by atoms with Crippen molar-refractivity contribution in [3.05, 3.63) is 58.1 Å². The molecule has 0 spiro atoms. The summed E-state index contributed by atoms with van der Waals surface area (Å²) < 4.78 is 11.0. The Bertz CT molecular complexity index is 641. The third kappa shape index (κ3) is 4.13. The Morgan fingerprint density at radius 2 is 1.67 bits per heavy atom. The van der Waals surface area contributed by atoms with E-state index >= 15 is 0 Å². The fourth-order valence-electron chi connectivity index (χ4n) is 1.74. The van der Waals surface area contributed by atoms with Crippen LogP contribution in [0.25, 0.3) is 0 Å². The number of para-hydroxylation sites is 2. The van der Waals surface area contributed by atoms with Crippen LogP contribution in [0.2, 0.25) is 10.0 Å². The molecule has 0 radical (unpaired) electrons. The first-order chi connectivity index (χ1) is 10.1. The summed E-state index contributed by atoms with van der Waals surface area (Å²) in [5.41, 5.74) is 0.457. The van der Waals surface area contributed by atoms with Gasteiger partial charge >= 0.3 is 0 Å². The minimum absolute atomic E-state index is 0.0952. The first kappa shape index (κ1) is 15.7. The van der Waals surface area contributed by atoms with Crippen LogP contribution in [-0.2, 0) is 0 Å². The van der Waals surface area contributed by atoms with Crippen LogP contribution in [0.4, 0.5) is 0 Å². The highest BCUT2D eigenvalue weighted by molar-refractivity contribution is 6.42. The van der Waals surface area contributed by atoms with Crippen LogP contribution in [-0.4, -0.2) is 19.0 Å². The molecule has 0 aliphatic heterocycles. The lowest BCUT2D eigenvalue weighted by molar-refractivity contribution is 0.0919. The summed E-state index contributed by atoms with van der Waals surface area (Å²) in [4.78, 5) is 12.1. The Morgan fingerprint density at radius 1 is 1.00 bits per heavy atom. The number of hydrogen-bond donors (Lipinski definition) is 0. The van der Waals surface area contributed by atoms with Crippen molar-refractivity contribution in [2.45, 2.75) is 6.92 Å². The molecule has 2 aromatic rings. The molecule has 2 aromatic carbocycles. The van der Waals surface area contributed by atoms with E-state index in [0.29, 0.717) is 33.7 Å². The highest BCUT2D eigenvalue weighted by atomic mass is 35.5. The topological polar surface area (TPSA) is 35.5 Å². The molecule has 2 rings (SSSR count). The van der Waals surface area contributed by atoms with Crippen molar-refractivity contribution in [2.24, 2.45) is 0 Å². The third-order valence-electron chi connectivity index (χ3n) is 2.75. The number of carbonyl (C=O) groups is 1. The van der Waals surface area contributed by atoms with Gasteiger partial charge in [0.05, 0.1) is 16.7 Å². The van der Waals surface area contributed by atoms with Crippen molar-refractivity contribution in [3.8, 4) is 11.5 Å². The molecular formula is C16H14Cl2O3. The van der Waals surface area contributed by atoms with Crippen LogP contribution in [0.1, 0.15) is 17.3 Å². The molecule has 21 heavy (non-hydrogen) atoms. The number of rotatable bonds is 6. The fraction of sp³-hybridized carbons (Fsp3) is 0.188. The predicted molar refractivity (Wildman–Crippen MR) is 83.9 cm³/mol. The van der Waals surface area contributed by atoms with Gasteiger partial charge < -0.3 is 9.47 Å². The zero-order valence-electron chi connectivity index (χ0n) is 11.4. The fourth-order valence-corrected chi connectivity index (χ4v) is 2.04. The minimum Gasteiger partial charge on any atom is -0.490 e. The van der Waals surface area contributed by atoms with E-state index < -0.39 is 0 Å². The van der Waals surface area contributed by atoms with Gasteiger partial charge in [0.2, 0.25) is 0 Å². The van der Waals surface area contributed by atoms with E-state index in [1.807, 2.05) is 19.1 Å². The summed E-state index contributed by atoms with van der Waals surface area (Å²) in [5.74, 6) is 0.967. The van der Waals surface area contributed by atoms with E-state index in [-0.39, 0.29) is 12.4 Å². The summed E-state index contributed by atoms with van der Waals surface area (Å²) in [6, 6.07) is 12.0. The largest absolute Gasteiger partial charge is 0.490 e. The highest BCUT2D eigenvalue weighted by Gasteiger charge is 2.11. The van der Waals surface area contributed by atoms with Gasteiger partial charge in [0.15, 0.2) is 23.9 Å². The number of Topliss-reactive ketones (excluding diaryl/α,β-unsaturated/α-hetero) is 1. The molecule has 0 aromatic heterocycles. The van der Waals surface area contributed by atoms with Crippen molar-refractivity contribution in [2.75, 3.05) is 13.2 Å². The average Bonchev–Trinajstić information content (AvgIpc) is 2.49. The summed E-state index contributed by atoms with van der Waals surface area (Å²) in [7, 11) is 0. The summed E-state index contributed by atoms with van der Waals surface area (Å²) in [5, 5.41) is 0.757. The molecule has 0 saturated carbocycles. The summed E-state index contributed by atoms with van der Waals surface area (Å²) in [6.45, 7) is 2.32. The summed E-state index contributed by atoms with van der Waals surface area (Å²) >= 11 is 11.7. The van der Waals surface area contributed by atoms with Crippen LogP contribution < -0.4 is 9.47 Å². The molecule has 0 bridgehead atoms. The van der Waals surface area contributed by atoms with E-state index in [1.165, 1.54) is 6.07 Å². The van der Waals surface area contributed by atoms with Gasteiger partial charge in [0.1, 0.15) is 0 Å². The zero-order valence-corrected chi connectivity index (χ0v) is 12.9. The van der Waals surface area contributed by atoms with Crippen molar-refractivity contribution < 1.29 is 14.3 Å². The van der Waals surface area contributed by atoms with Crippen LogP contribution in [0.15, 0.2) is 42.5 Å². The maximum Gasteiger partial charge on any atom is 0.200 e. The van der Waals surface area contributed by atoms with E-state index in [2.05, 4.69) is 0 Å². The van der Waals surface area contributed by atoms with Crippen molar-refractivity contribution in [1.29, 1.82) is 0 Å². The number of hydrogen-bond acceptors (Lipinski definition) is 3. The van der Waals surface area contributed by atoms with Crippen molar-refractivity contribution in [3.63, 3.8) is 0 Å². The predicted octanol–water partition coefficient (Wildman–Crippen LogP) is 4.65. The maximum atomic E-state index is 12.1. The molecule has 3 nitrogen and oxygen atoms in total. The second kappa shape index (κ2) is 7.34. The monoisotopic (exact) mass is 324 g/mol. The standard InChI is InChI=1S/C16H14Cl2O3/c1-2-20-15-5-3-4-6-16(15)21-10-14(19)11-7-8-12(17)13(18)9-11/h3-9H,2,10H2,1H3. The Labute approximate surface area is 133 Å². The van der Waals surface area contributed by atoms with Crippen LogP contribution in [0.5, 0.6) is 11.5 Å². The molecular weight excluding hydrogens is 311 g/mol. The Kier molecular flexibility index (Phi) is 5.48. The van der Waals surface area contributed by atoms with Crippen LogP contribution in [0.3, 0.4) is 0 Å². The highest BCUT2D eigenvalue weighted by Crippen LogP contribution is 2.27. The number of ketones is 1. The second-order valence-corrected chi connectivity index (χ2v) is 5.03. The van der Waals surface area contributed by atoms with Crippen molar-refractivity contribution >= 4 is 29.0 Å². The molecule has 0 amide bonds. The molecule has 0 fully saturated rings. The number of benzene rings is 2. The molecule has 5 heteroatoms. The number of ether oxygens (including phenoxy) is 2. The van der Waals surface area contributed by atoms with Gasteiger partial charge in [-0.3, -0.25) is 4.79 Å². The molecule has 0 saturated heterocycles. The van der Waals surface area contributed by atoms with E-state index in [4.69, 9.17) is 32.7 Å². The quantitative estimate of drug-likeness (QED) is 0.725. The third-order valence-corrected chi connectivity index (χ3v) is 3.49. The van der Waals surface area contributed by atoms with Crippen LogP contribution >= 0.6 is 23.2 Å². The second-order valence-electron chi connectivity index (χ2n) is 4.22. The van der Waals surface area contributed by atoms with Crippen LogP contribution in [0, 0.1) is 0 Å². The van der Waals surface area contributed by atoms with Gasteiger partial charge in [-0.25, -0.2) is 0 Å². The lowest BCUT2D eigenvalue weighted by Crippen LogP contribution is -2.12. The van der Waals surface area contributed by atoms with Crippen molar-refractivity contribution in [1.82, 2.24) is 0 Å². The van der Waals surface area contributed by atoms with Gasteiger partial charge in [-0.2, -0.15) is 0 Å². The Balaban J connectivity index is 2.05. The minimum atomic E-state index is -0.181. The first-order valence-electron chi connectivity index (χ1n) is 6.44.